The fourth-order valence-electron chi connectivity index (χ4n) is 4.32. The third-order valence-corrected chi connectivity index (χ3v) is 5.48. The number of carboxylic acid groups (broad SMARTS) is 1. The van der Waals surface area contributed by atoms with Gasteiger partial charge in [-0.15, -0.1) is 0 Å². The van der Waals surface area contributed by atoms with E-state index >= 15 is 0 Å². The molecule has 0 aromatic heterocycles. The molecule has 4 nitrogen and oxygen atoms in total. The minimum absolute atomic E-state index is 0.0940. The summed E-state index contributed by atoms with van der Waals surface area (Å²) in [5.74, 6) is 0.0162. The molecule has 3 aliphatic rings. The highest BCUT2D eigenvalue weighted by molar-refractivity contribution is 5.85. The number of rotatable bonds is 3. The zero-order chi connectivity index (χ0) is 13.5. The van der Waals surface area contributed by atoms with Crippen molar-refractivity contribution >= 4 is 11.9 Å². The van der Waals surface area contributed by atoms with Crippen molar-refractivity contribution in [3.05, 3.63) is 0 Å². The maximum Gasteiger partial charge on any atom is 0.310 e. The first-order valence-electron chi connectivity index (χ1n) is 7.64. The smallest absolute Gasteiger partial charge is 0.310 e. The average Bonchev–Trinajstić information content (AvgIpc) is 3.02. The van der Waals surface area contributed by atoms with E-state index in [2.05, 4.69) is 0 Å². The van der Waals surface area contributed by atoms with Gasteiger partial charge in [-0.1, -0.05) is 19.3 Å². The molecule has 0 radical (unpaired) electrons. The molecule has 2 atom stereocenters. The van der Waals surface area contributed by atoms with Gasteiger partial charge in [0, 0.05) is 19.0 Å². The molecule has 2 bridgehead atoms. The van der Waals surface area contributed by atoms with E-state index in [0.29, 0.717) is 24.8 Å². The van der Waals surface area contributed by atoms with Gasteiger partial charge >= 0.3 is 5.97 Å². The summed E-state index contributed by atoms with van der Waals surface area (Å²) in [5, 5.41) is 9.54. The SMILES string of the molecule is O=C(CC1(C(=O)O)CCCCC1)N1CC2CCC1C2. The molecule has 0 aromatic carbocycles. The van der Waals surface area contributed by atoms with Crippen LogP contribution in [0.3, 0.4) is 0 Å². The molecule has 3 fully saturated rings. The van der Waals surface area contributed by atoms with Crippen LogP contribution in [-0.4, -0.2) is 34.5 Å². The largest absolute Gasteiger partial charge is 0.481 e. The first-order chi connectivity index (χ1) is 9.11. The van der Waals surface area contributed by atoms with Crippen LogP contribution in [-0.2, 0) is 9.59 Å². The van der Waals surface area contributed by atoms with Gasteiger partial charge in [0.05, 0.1) is 5.41 Å². The highest BCUT2D eigenvalue weighted by atomic mass is 16.4. The second-order valence-corrected chi connectivity index (χ2v) is 6.70. The van der Waals surface area contributed by atoms with Crippen LogP contribution in [0.4, 0.5) is 0 Å². The Hall–Kier alpha value is -1.06. The van der Waals surface area contributed by atoms with E-state index in [-0.39, 0.29) is 12.3 Å². The number of hydrogen-bond donors (Lipinski definition) is 1. The van der Waals surface area contributed by atoms with Crippen LogP contribution in [0.15, 0.2) is 0 Å². The Bertz CT molecular complexity index is 387. The highest BCUT2D eigenvalue weighted by Gasteiger charge is 2.46. The number of fused-ring (bicyclic) bond motifs is 2. The van der Waals surface area contributed by atoms with Crippen molar-refractivity contribution in [1.82, 2.24) is 4.90 Å². The van der Waals surface area contributed by atoms with Crippen molar-refractivity contribution in [2.75, 3.05) is 6.54 Å². The summed E-state index contributed by atoms with van der Waals surface area (Å²) in [6, 6.07) is 0.409. The molecule has 19 heavy (non-hydrogen) atoms. The highest BCUT2D eigenvalue weighted by Crippen LogP contribution is 2.43. The van der Waals surface area contributed by atoms with Crippen LogP contribution in [0.1, 0.15) is 57.8 Å². The lowest BCUT2D eigenvalue weighted by atomic mass is 9.71. The van der Waals surface area contributed by atoms with Crippen LogP contribution < -0.4 is 0 Å². The Kier molecular flexibility index (Phi) is 3.27. The van der Waals surface area contributed by atoms with E-state index in [1.165, 1.54) is 6.42 Å². The average molecular weight is 265 g/mol. The summed E-state index contributed by atoms with van der Waals surface area (Å²) in [6.07, 6.45) is 8.10. The number of nitrogens with zero attached hydrogens (tertiary/aromatic N) is 1. The Labute approximate surface area is 114 Å². The molecule has 3 rings (SSSR count). The van der Waals surface area contributed by atoms with E-state index in [4.69, 9.17) is 0 Å². The van der Waals surface area contributed by atoms with Gasteiger partial charge in [0.25, 0.3) is 0 Å². The van der Waals surface area contributed by atoms with Crippen LogP contribution in [0.2, 0.25) is 0 Å². The number of hydrogen-bond acceptors (Lipinski definition) is 2. The fraction of sp³-hybridized carbons (Fsp3) is 0.867. The molecular weight excluding hydrogens is 242 g/mol. The summed E-state index contributed by atoms with van der Waals surface area (Å²) < 4.78 is 0. The van der Waals surface area contributed by atoms with Crippen molar-refractivity contribution in [1.29, 1.82) is 0 Å². The molecule has 2 saturated carbocycles. The lowest BCUT2D eigenvalue weighted by Gasteiger charge is -2.35. The maximum atomic E-state index is 12.5. The van der Waals surface area contributed by atoms with Crippen molar-refractivity contribution < 1.29 is 14.7 Å². The predicted molar refractivity (Wildman–Crippen MR) is 70.6 cm³/mol. The van der Waals surface area contributed by atoms with Crippen LogP contribution in [0, 0.1) is 11.3 Å². The number of aliphatic carboxylic acids is 1. The van der Waals surface area contributed by atoms with Gasteiger partial charge in [0.1, 0.15) is 0 Å². The molecule has 1 N–H and O–H groups in total. The third-order valence-electron chi connectivity index (χ3n) is 5.48. The fourth-order valence-corrected chi connectivity index (χ4v) is 4.32. The molecule has 2 unspecified atom stereocenters. The molecule has 0 spiro atoms. The van der Waals surface area contributed by atoms with Gasteiger partial charge in [-0.2, -0.15) is 0 Å². The molecule has 1 aliphatic heterocycles. The summed E-state index contributed by atoms with van der Waals surface area (Å²) in [5.41, 5.74) is -0.767. The lowest BCUT2D eigenvalue weighted by molar-refractivity contribution is -0.156. The van der Waals surface area contributed by atoms with Crippen LogP contribution in [0.5, 0.6) is 0 Å². The first-order valence-corrected chi connectivity index (χ1v) is 7.64. The second-order valence-electron chi connectivity index (χ2n) is 6.70. The number of carboxylic acids is 1. The zero-order valence-electron chi connectivity index (χ0n) is 11.4. The summed E-state index contributed by atoms with van der Waals surface area (Å²) in [6.45, 7) is 0.874. The van der Waals surface area contributed by atoms with Gasteiger partial charge < -0.3 is 10.0 Å². The van der Waals surface area contributed by atoms with E-state index in [1.54, 1.807) is 0 Å². The molecule has 106 valence electrons. The van der Waals surface area contributed by atoms with Gasteiger partial charge in [0.2, 0.25) is 5.91 Å². The number of likely N-dealkylation sites (tertiary alicyclic amines) is 1. The summed E-state index contributed by atoms with van der Waals surface area (Å²) in [7, 11) is 0. The molecular formula is C15H23NO3. The normalized spacial score (nSPS) is 32.5. The maximum absolute atomic E-state index is 12.5. The van der Waals surface area contributed by atoms with E-state index in [0.717, 1.165) is 38.6 Å². The third kappa shape index (κ3) is 2.26. The van der Waals surface area contributed by atoms with Gasteiger partial charge in [-0.3, -0.25) is 9.59 Å². The predicted octanol–water partition coefficient (Wildman–Crippen LogP) is 2.42. The van der Waals surface area contributed by atoms with Crippen LogP contribution >= 0.6 is 0 Å². The van der Waals surface area contributed by atoms with Crippen LogP contribution in [0.25, 0.3) is 0 Å². The number of carbonyl (C=O) groups is 2. The molecule has 1 heterocycles. The monoisotopic (exact) mass is 265 g/mol. The molecule has 1 amide bonds. The van der Waals surface area contributed by atoms with Gasteiger partial charge in [-0.05, 0) is 38.0 Å². The van der Waals surface area contributed by atoms with E-state index in [1.807, 2.05) is 4.90 Å². The van der Waals surface area contributed by atoms with Crippen molar-refractivity contribution in [3.8, 4) is 0 Å². The van der Waals surface area contributed by atoms with E-state index < -0.39 is 11.4 Å². The molecule has 1 saturated heterocycles. The van der Waals surface area contributed by atoms with Gasteiger partial charge in [0.15, 0.2) is 0 Å². The van der Waals surface area contributed by atoms with E-state index in [9.17, 15) is 14.7 Å². The quantitative estimate of drug-likeness (QED) is 0.852. The minimum Gasteiger partial charge on any atom is -0.481 e. The number of piperidine rings is 1. The zero-order valence-corrected chi connectivity index (χ0v) is 11.4. The van der Waals surface area contributed by atoms with Crippen molar-refractivity contribution in [3.63, 3.8) is 0 Å². The van der Waals surface area contributed by atoms with Gasteiger partial charge in [-0.25, -0.2) is 0 Å². The standard InChI is InChI=1S/C15H23NO3/c17-13(16-10-11-4-5-12(16)8-11)9-15(14(18)19)6-2-1-3-7-15/h11-12H,1-10H2,(H,18,19). The lowest BCUT2D eigenvalue weighted by Crippen LogP contribution is -2.43. The summed E-state index contributed by atoms with van der Waals surface area (Å²) >= 11 is 0. The summed E-state index contributed by atoms with van der Waals surface area (Å²) in [4.78, 5) is 26.1. The second kappa shape index (κ2) is 4.80. The first kappa shape index (κ1) is 12.9. The topological polar surface area (TPSA) is 57.6 Å². The number of amides is 1. The Morgan fingerprint density at radius 1 is 1.16 bits per heavy atom. The molecule has 2 aliphatic carbocycles. The minimum atomic E-state index is -0.767. The van der Waals surface area contributed by atoms with Crippen molar-refractivity contribution in [2.24, 2.45) is 11.3 Å². The Balaban J connectivity index is 1.68. The number of carbonyl (C=O) groups excluding carboxylic acids is 1. The Morgan fingerprint density at radius 3 is 2.42 bits per heavy atom. The molecule has 4 heteroatoms. The van der Waals surface area contributed by atoms with Crippen molar-refractivity contribution in [2.45, 2.75) is 63.8 Å². The Morgan fingerprint density at radius 2 is 1.89 bits per heavy atom. The molecule has 0 aromatic rings.